The summed E-state index contributed by atoms with van der Waals surface area (Å²) in [7, 11) is 0. The van der Waals surface area contributed by atoms with Crippen molar-refractivity contribution in [3.8, 4) is 11.6 Å². The summed E-state index contributed by atoms with van der Waals surface area (Å²) in [4.78, 5) is 12.0. The fourth-order valence-corrected chi connectivity index (χ4v) is 1.81. The first kappa shape index (κ1) is 13.0. The summed E-state index contributed by atoms with van der Waals surface area (Å²) in [5.74, 6) is -1.30. The van der Waals surface area contributed by atoms with Crippen LogP contribution in [-0.4, -0.2) is 31.3 Å². The highest BCUT2D eigenvalue weighted by Crippen LogP contribution is 2.14. The summed E-state index contributed by atoms with van der Waals surface area (Å²) in [6.45, 7) is 0.171. The van der Waals surface area contributed by atoms with E-state index >= 15 is 0 Å². The van der Waals surface area contributed by atoms with Crippen molar-refractivity contribution in [1.29, 1.82) is 0 Å². The molecular weight excluding hydrogens is 279 g/mol. The highest BCUT2D eigenvalue weighted by Gasteiger charge is 2.12. The number of carboxylic acids is 1. The van der Waals surface area contributed by atoms with E-state index in [2.05, 4.69) is 15.4 Å². The largest absolute Gasteiger partial charge is 0.478 e. The monoisotopic (exact) mass is 288 g/mol. The lowest BCUT2D eigenvalue weighted by Gasteiger charge is -2.02. The van der Waals surface area contributed by atoms with E-state index in [-0.39, 0.29) is 12.1 Å². The molecule has 106 valence electrons. The van der Waals surface area contributed by atoms with Gasteiger partial charge >= 0.3 is 5.97 Å². The number of benzene rings is 1. The molecule has 0 unspecified atom stereocenters. The van der Waals surface area contributed by atoms with Crippen molar-refractivity contribution in [2.75, 3.05) is 0 Å². The fraction of sp³-hybridized carbons (Fsp3) is 0.0769. The molecule has 0 aliphatic heterocycles. The van der Waals surface area contributed by atoms with Gasteiger partial charge in [0.05, 0.1) is 18.4 Å². The van der Waals surface area contributed by atoms with Gasteiger partial charge < -0.3 is 9.52 Å². The van der Waals surface area contributed by atoms with Crippen LogP contribution >= 0.6 is 0 Å². The van der Waals surface area contributed by atoms with Crippen molar-refractivity contribution in [3.05, 3.63) is 53.5 Å². The van der Waals surface area contributed by atoms with E-state index in [1.165, 1.54) is 23.2 Å². The molecule has 8 heteroatoms. The van der Waals surface area contributed by atoms with Gasteiger partial charge in [0.25, 0.3) is 0 Å². The molecule has 0 aliphatic carbocycles. The minimum atomic E-state index is -1.31. The minimum Gasteiger partial charge on any atom is -0.478 e. The molecular formula is C13H9FN4O3. The highest BCUT2D eigenvalue weighted by atomic mass is 19.1. The van der Waals surface area contributed by atoms with Crippen molar-refractivity contribution in [2.45, 2.75) is 6.54 Å². The number of furan rings is 1. The van der Waals surface area contributed by atoms with Gasteiger partial charge in [0.1, 0.15) is 5.82 Å². The Morgan fingerprint density at radius 3 is 2.90 bits per heavy atom. The second-order valence-electron chi connectivity index (χ2n) is 4.24. The molecule has 1 N–H and O–H groups in total. The number of hydrogen-bond donors (Lipinski definition) is 1. The topological polar surface area (TPSA) is 94.0 Å². The molecule has 21 heavy (non-hydrogen) atoms. The Balaban J connectivity index is 1.81. The first-order valence-electron chi connectivity index (χ1n) is 5.97. The predicted octanol–water partition coefficient (Wildman–Crippen LogP) is 1.82. The van der Waals surface area contributed by atoms with Crippen molar-refractivity contribution < 1.29 is 18.7 Å². The third-order valence-corrected chi connectivity index (χ3v) is 2.78. The molecule has 0 aliphatic rings. The summed E-state index contributed by atoms with van der Waals surface area (Å²) in [6.07, 6.45) is 1.50. The quantitative estimate of drug-likeness (QED) is 0.787. The van der Waals surface area contributed by atoms with Crippen molar-refractivity contribution in [3.63, 3.8) is 0 Å². The van der Waals surface area contributed by atoms with E-state index in [1.807, 2.05) is 0 Å². The van der Waals surface area contributed by atoms with Crippen LogP contribution in [0.15, 0.2) is 41.0 Å². The van der Waals surface area contributed by atoms with E-state index < -0.39 is 11.8 Å². The molecule has 0 saturated carbocycles. The minimum absolute atomic E-state index is 0.171. The number of aromatic nitrogens is 4. The average Bonchev–Trinajstić information content (AvgIpc) is 3.08. The van der Waals surface area contributed by atoms with Crippen LogP contribution in [0.1, 0.15) is 15.9 Å². The van der Waals surface area contributed by atoms with Crippen LogP contribution in [0.2, 0.25) is 0 Å². The van der Waals surface area contributed by atoms with E-state index in [9.17, 15) is 9.18 Å². The lowest BCUT2D eigenvalue weighted by molar-refractivity contribution is 0.0692. The Morgan fingerprint density at radius 2 is 2.24 bits per heavy atom. The SMILES string of the molecule is O=C(O)c1ccc(Cn2nnc(-c3ccco3)n2)cc1F. The summed E-state index contributed by atoms with van der Waals surface area (Å²) in [6, 6.07) is 7.25. The number of hydrogen-bond acceptors (Lipinski definition) is 5. The smallest absolute Gasteiger partial charge is 0.338 e. The Labute approximate surface area is 117 Å². The van der Waals surface area contributed by atoms with Gasteiger partial charge in [-0.3, -0.25) is 0 Å². The molecule has 0 bridgehead atoms. The van der Waals surface area contributed by atoms with Crippen LogP contribution in [0.25, 0.3) is 11.6 Å². The Hall–Kier alpha value is -3.03. The third kappa shape index (κ3) is 2.64. The molecule has 1 aromatic carbocycles. The average molecular weight is 288 g/mol. The van der Waals surface area contributed by atoms with Crippen LogP contribution in [0.5, 0.6) is 0 Å². The van der Waals surface area contributed by atoms with Crippen LogP contribution in [0.4, 0.5) is 4.39 Å². The second-order valence-corrected chi connectivity index (χ2v) is 4.24. The molecule has 3 rings (SSSR count). The van der Waals surface area contributed by atoms with E-state index in [0.29, 0.717) is 17.1 Å². The highest BCUT2D eigenvalue weighted by molar-refractivity contribution is 5.87. The third-order valence-electron chi connectivity index (χ3n) is 2.78. The van der Waals surface area contributed by atoms with Crippen molar-refractivity contribution in [2.24, 2.45) is 0 Å². The van der Waals surface area contributed by atoms with Gasteiger partial charge in [0.2, 0.25) is 5.82 Å². The summed E-state index contributed by atoms with van der Waals surface area (Å²) >= 11 is 0. The number of tetrazole rings is 1. The van der Waals surface area contributed by atoms with Crippen LogP contribution in [-0.2, 0) is 6.54 Å². The van der Waals surface area contributed by atoms with E-state index in [4.69, 9.17) is 9.52 Å². The molecule has 0 radical (unpaired) electrons. The van der Waals surface area contributed by atoms with Crippen LogP contribution in [0, 0.1) is 5.82 Å². The van der Waals surface area contributed by atoms with Crippen LogP contribution < -0.4 is 0 Å². The van der Waals surface area contributed by atoms with Gasteiger partial charge in [-0.1, -0.05) is 6.07 Å². The number of nitrogens with zero attached hydrogens (tertiary/aromatic N) is 4. The second kappa shape index (κ2) is 5.16. The van der Waals surface area contributed by atoms with Gasteiger partial charge in [0, 0.05) is 0 Å². The lowest BCUT2D eigenvalue weighted by atomic mass is 10.1. The standard InChI is InChI=1S/C13H9FN4O3/c14-10-6-8(3-4-9(10)13(19)20)7-18-16-12(15-17-18)11-2-1-5-21-11/h1-6H,7H2,(H,19,20). The maximum Gasteiger partial charge on any atom is 0.338 e. The van der Waals surface area contributed by atoms with Gasteiger partial charge in [-0.25, -0.2) is 9.18 Å². The molecule has 2 heterocycles. The van der Waals surface area contributed by atoms with E-state index in [1.54, 1.807) is 12.1 Å². The Kier molecular flexibility index (Phi) is 3.19. The molecule has 0 amide bonds. The predicted molar refractivity (Wildman–Crippen MR) is 68.0 cm³/mol. The zero-order chi connectivity index (χ0) is 14.8. The first-order chi connectivity index (χ1) is 10.1. The summed E-state index contributed by atoms with van der Waals surface area (Å²) in [5.41, 5.74) is 0.155. The van der Waals surface area contributed by atoms with Crippen molar-refractivity contribution in [1.82, 2.24) is 20.2 Å². The molecule has 7 nitrogen and oxygen atoms in total. The number of carboxylic acid groups (broad SMARTS) is 1. The summed E-state index contributed by atoms with van der Waals surface area (Å²) < 4.78 is 18.7. The fourth-order valence-electron chi connectivity index (χ4n) is 1.81. The molecule has 3 aromatic rings. The summed E-state index contributed by atoms with van der Waals surface area (Å²) in [5, 5.41) is 20.5. The number of rotatable bonds is 4. The molecule has 0 spiro atoms. The zero-order valence-corrected chi connectivity index (χ0v) is 10.6. The van der Waals surface area contributed by atoms with E-state index in [0.717, 1.165) is 6.07 Å². The van der Waals surface area contributed by atoms with Gasteiger partial charge in [-0.15, -0.1) is 10.2 Å². The normalized spacial score (nSPS) is 10.7. The van der Waals surface area contributed by atoms with Crippen molar-refractivity contribution >= 4 is 5.97 Å². The Morgan fingerprint density at radius 1 is 1.38 bits per heavy atom. The lowest BCUT2D eigenvalue weighted by Crippen LogP contribution is -2.06. The molecule has 0 saturated heterocycles. The number of aromatic carboxylic acids is 1. The van der Waals surface area contributed by atoms with Gasteiger partial charge in [-0.05, 0) is 35.0 Å². The zero-order valence-electron chi connectivity index (χ0n) is 10.6. The first-order valence-corrected chi connectivity index (χ1v) is 5.97. The molecule has 0 fully saturated rings. The number of carbonyl (C=O) groups is 1. The maximum absolute atomic E-state index is 13.6. The van der Waals surface area contributed by atoms with Crippen LogP contribution in [0.3, 0.4) is 0 Å². The van der Waals surface area contributed by atoms with Gasteiger partial charge in [-0.2, -0.15) is 4.80 Å². The number of halogens is 1. The Bertz CT molecular complexity index is 783. The molecule has 2 aromatic heterocycles. The van der Waals surface area contributed by atoms with Gasteiger partial charge in [0.15, 0.2) is 5.76 Å². The molecule has 0 atom stereocenters. The maximum atomic E-state index is 13.6.